The van der Waals surface area contributed by atoms with E-state index in [1.807, 2.05) is 12.4 Å². The lowest BCUT2D eigenvalue weighted by atomic mass is 9.77. The summed E-state index contributed by atoms with van der Waals surface area (Å²) in [4.78, 5) is 4.78. The highest BCUT2D eigenvalue weighted by Gasteiger charge is 2.29. The summed E-state index contributed by atoms with van der Waals surface area (Å²) in [5.41, 5.74) is 34.4. The van der Waals surface area contributed by atoms with Crippen molar-refractivity contribution in [2.75, 3.05) is 0 Å². The number of hydrogen-bond donors (Lipinski definition) is 0. The van der Waals surface area contributed by atoms with Gasteiger partial charge in [0.1, 0.15) is 0 Å². The Kier molecular flexibility index (Phi) is 16.2. The molecule has 0 saturated carbocycles. The molecule has 0 aliphatic heterocycles. The van der Waals surface area contributed by atoms with Crippen molar-refractivity contribution in [1.82, 2.24) is 4.98 Å². The molecule has 1 nitrogen and oxygen atoms in total. The molecule has 450 valence electrons. The van der Waals surface area contributed by atoms with Crippen LogP contribution in [0.2, 0.25) is 0 Å². The molecule has 0 radical (unpaired) electrons. The highest BCUT2D eigenvalue weighted by Crippen LogP contribution is 2.55. The van der Waals surface area contributed by atoms with E-state index in [0.29, 0.717) is 0 Å². The number of pyridine rings is 1. The first kappa shape index (κ1) is 58.5. The lowest BCUT2D eigenvalue weighted by Gasteiger charge is -2.26. The molecule has 0 saturated heterocycles. The summed E-state index contributed by atoms with van der Waals surface area (Å²) in [6.07, 6.45) is 3.88. The topological polar surface area (TPSA) is 12.9 Å². The Hall–Kier alpha value is -12.6. The summed E-state index contributed by atoms with van der Waals surface area (Å²) < 4.78 is 0. The van der Waals surface area contributed by atoms with Gasteiger partial charge in [0.2, 0.25) is 0 Å². The molecule has 0 unspecified atom stereocenters. The van der Waals surface area contributed by atoms with Crippen LogP contribution in [0.15, 0.2) is 395 Å². The largest absolute Gasteiger partial charge is 0.264 e. The van der Waals surface area contributed by atoms with Gasteiger partial charge in [0, 0.05) is 18.0 Å². The quantitative estimate of drug-likeness (QED) is 0.0997. The van der Waals surface area contributed by atoms with E-state index in [0.717, 1.165) is 117 Å². The molecule has 0 fully saturated rings. The molecule has 1 heteroatoms. The lowest BCUT2D eigenvalue weighted by molar-refractivity contribution is 1.33. The molecule has 0 atom stereocenters. The summed E-state index contributed by atoms with van der Waals surface area (Å²) in [5.74, 6) is 0. The maximum atomic E-state index is 4.78. The first-order chi connectivity index (χ1) is 47.7. The van der Waals surface area contributed by atoms with Gasteiger partial charge in [-0.25, -0.2) is 0 Å². The van der Waals surface area contributed by atoms with Gasteiger partial charge in [0.25, 0.3) is 0 Å². The van der Waals surface area contributed by atoms with Crippen molar-refractivity contribution in [3.8, 4) is 167 Å². The zero-order valence-corrected chi connectivity index (χ0v) is 53.0. The zero-order chi connectivity index (χ0) is 64.0. The van der Waals surface area contributed by atoms with Gasteiger partial charge < -0.3 is 0 Å². The number of hydrogen-bond acceptors (Lipinski definition) is 1. The van der Waals surface area contributed by atoms with Crippen molar-refractivity contribution in [3.05, 3.63) is 395 Å². The third-order valence-electron chi connectivity index (χ3n) is 18.6. The van der Waals surface area contributed by atoms with Crippen LogP contribution in [0.3, 0.4) is 0 Å². The van der Waals surface area contributed by atoms with Gasteiger partial charge in [-0.05, 0) is 186 Å². The molecule has 16 aromatic rings. The highest BCUT2D eigenvalue weighted by molar-refractivity contribution is 6.11. The van der Waals surface area contributed by atoms with Crippen molar-refractivity contribution in [2.45, 2.75) is 0 Å². The molecule has 96 heavy (non-hydrogen) atoms. The Morgan fingerprint density at radius 3 is 0.500 bits per heavy atom. The van der Waals surface area contributed by atoms with Crippen LogP contribution in [-0.4, -0.2) is 4.98 Å². The number of nitrogens with zero attached hydrogens (tertiary/aromatic N) is 1. The predicted octanol–water partition coefficient (Wildman–Crippen LogP) is 26.1. The van der Waals surface area contributed by atoms with E-state index in [-0.39, 0.29) is 0 Å². The van der Waals surface area contributed by atoms with E-state index in [9.17, 15) is 0 Å². The number of aromatic nitrogens is 1. The fraction of sp³-hybridized carbons (Fsp3) is 0. The molecule has 0 spiro atoms. The summed E-state index contributed by atoms with van der Waals surface area (Å²) in [5, 5.41) is 0. The van der Waals surface area contributed by atoms with Crippen LogP contribution in [0.1, 0.15) is 0 Å². The molecule has 0 bridgehead atoms. The fourth-order valence-electron chi connectivity index (χ4n) is 14.3. The first-order valence-electron chi connectivity index (χ1n) is 33.0. The minimum absolute atomic E-state index is 1.04. The van der Waals surface area contributed by atoms with Crippen LogP contribution in [0.25, 0.3) is 167 Å². The second-order valence-corrected chi connectivity index (χ2v) is 24.3. The smallest absolute Gasteiger partial charge is 0.0346 e. The van der Waals surface area contributed by atoms with Gasteiger partial charge in [-0.2, -0.15) is 0 Å². The van der Waals surface area contributed by atoms with Crippen LogP contribution in [0.5, 0.6) is 0 Å². The summed E-state index contributed by atoms with van der Waals surface area (Å²) in [6, 6.07) is 140. The Balaban J connectivity index is 0.971. The normalized spacial score (nSPS) is 11.1. The molecular formula is C95H65N. The van der Waals surface area contributed by atoms with E-state index in [1.165, 1.54) is 50.1 Å². The standard InChI is InChI=1S/C95H65N/c1-11-32-66(33-12-1)81-62-84(89(73-42-21-6-22-43-73)93(76-48-27-9-28-49-76)87(81)71-38-17-4-18-39-71)69-53-57-78(58-54-69)92-83(68-36-15-3-16-37-68)64-86(80-52-31-61-96-65-80)91(75-46-25-8-26-47-75)95(92)79-59-55-70(56-60-79)85-63-82(67-34-13-2-14-35-67)88(72-40-19-5-20-41-72)94(77-50-29-10-30-51-77)90(85)74-44-23-7-24-45-74/h1-65H. The van der Waals surface area contributed by atoms with Crippen LogP contribution >= 0.6 is 0 Å². The molecule has 1 aromatic heterocycles. The van der Waals surface area contributed by atoms with Gasteiger partial charge in [-0.15, -0.1) is 0 Å². The Morgan fingerprint density at radius 1 is 0.125 bits per heavy atom. The Bertz CT molecular complexity index is 5320. The van der Waals surface area contributed by atoms with Gasteiger partial charge in [-0.3, -0.25) is 4.98 Å². The molecular weight excluding hydrogens is 1160 g/mol. The number of benzene rings is 15. The van der Waals surface area contributed by atoms with Crippen molar-refractivity contribution < 1.29 is 0 Å². The van der Waals surface area contributed by atoms with E-state index in [2.05, 4.69) is 382 Å². The predicted molar refractivity (Wildman–Crippen MR) is 406 cm³/mol. The minimum Gasteiger partial charge on any atom is -0.264 e. The highest BCUT2D eigenvalue weighted by atomic mass is 14.6. The summed E-state index contributed by atoms with van der Waals surface area (Å²) in [6.45, 7) is 0. The Morgan fingerprint density at radius 2 is 0.281 bits per heavy atom. The lowest BCUT2D eigenvalue weighted by Crippen LogP contribution is -1.99. The number of rotatable bonds is 15. The average molecular weight is 1220 g/mol. The second kappa shape index (κ2) is 26.6. The van der Waals surface area contributed by atoms with Crippen LogP contribution in [-0.2, 0) is 0 Å². The first-order valence-corrected chi connectivity index (χ1v) is 33.0. The second-order valence-electron chi connectivity index (χ2n) is 24.3. The minimum atomic E-state index is 1.04. The maximum absolute atomic E-state index is 4.78. The molecule has 0 aliphatic carbocycles. The van der Waals surface area contributed by atoms with Crippen molar-refractivity contribution in [3.63, 3.8) is 0 Å². The molecule has 15 aromatic carbocycles. The van der Waals surface area contributed by atoms with Gasteiger partial charge in [-0.1, -0.05) is 358 Å². The molecule has 0 N–H and O–H groups in total. The SMILES string of the molecule is c1ccc(-c2cc(-c3ccc(-c4c(-c5ccccc5)cc(-c5cccnc5)c(-c5ccccc5)c4-c4ccc(-c5cc(-c6ccccc6)c(-c6ccccc6)c(-c6ccccc6)c5-c5ccccc5)cc4)cc3)c(-c3ccccc3)c(-c3ccccc3)c2-c2ccccc2)cc1. The third kappa shape index (κ3) is 11.4. The van der Waals surface area contributed by atoms with Crippen molar-refractivity contribution in [2.24, 2.45) is 0 Å². The van der Waals surface area contributed by atoms with Crippen LogP contribution in [0, 0.1) is 0 Å². The van der Waals surface area contributed by atoms with E-state index < -0.39 is 0 Å². The monoisotopic (exact) mass is 1220 g/mol. The zero-order valence-electron chi connectivity index (χ0n) is 53.0. The van der Waals surface area contributed by atoms with E-state index in [1.54, 1.807) is 0 Å². The Labute approximate surface area is 563 Å². The van der Waals surface area contributed by atoms with Crippen molar-refractivity contribution in [1.29, 1.82) is 0 Å². The van der Waals surface area contributed by atoms with E-state index >= 15 is 0 Å². The molecule has 0 amide bonds. The maximum Gasteiger partial charge on any atom is 0.0346 e. The third-order valence-corrected chi connectivity index (χ3v) is 18.6. The van der Waals surface area contributed by atoms with Crippen molar-refractivity contribution >= 4 is 0 Å². The summed E-state index contributed by atoms with van der Waals surface area (Å²) in [7, 11) is 0. The van der Waals surface area contributed by atoms with Gasteiger partial charge in [0.15, 0.2) is 0 Å². The van der Waals surface area contributed by atoms with E-state index in [4.69, 9.17) is 4.98 Å². The molecule has 0 aliphatic rings. The van der Waals surface area contributed by atoms with Gasteiger partial charge in [0.05, 0.1) is 0 Å². The fourth-order valence-corrected chi connectivity index (χ4v) is 14.3. The van der Waals surface area contributed by atoms with Gasteiger partial charge >= 0.3 is 0 Å². The molecule has 16 rings (SSSR count). The van der Waals surface area contributed by atoms with Crippen LogP contribution < -0.4 is 0 Å². The average Bonchev–Trinajstić information content (AvgIpc) is 0.745. The summed E-state index contributed by atoms with van der Waals surface area (Å²) >= 11 is 0. The molecule has 1 heterocycles. The van der Waals surface area contributed by atoms with Crippen LogP contribution in [0.4, 0.5) is 0 Å².